The van der Waals surface area contributed by atoms with Crippen molar-refractivity contribution in [2.24, 2.45) is 16.1 Å². The molecule has 0 saturated carbocycles. The molecule has 0 fully saturated rings. The highest BCUT2D eigenvalue weighted by atomic mass is 15.1. The van der Waals surface area contributed by atoms with E-state index in [2.05, 4.69) is 10.2 Å². The Morgan fingerprint density at radius 2 is 1.91 bits per heavy atom. The first-order valence-corrected chi connectivity index (χ1v) is 3.36. The lowest BCUT2D eigenvalue weighted by molar-refractivity contribution is 0.694. The summed E-state index contributed by atoms with van der Waals surface area (Å²) >= 11 is 0. The molecular weight excluding hydrogens is 140 g/mol. The van der Waals surface area contributed by atoms with Gasteiger partial charge in [0.25, 0.3) is 0 Å². The van der Waals surface area contributed by atoms with Crippen LogP contribution in [-0.4, -0.2) is 12.6 Å². The predicted octanol–water partition coefficient (Wildman–Crippen LogP) is 1.51. The van der Waals surface area contributed by atoms with Gasteiger partial charge in [-0.1, -0.05) is 0 Å². The topological polar surface area (TPSA) is 72.3 Å². The summed E-state index contributed by atoms with van der Waals surface area (Å²) in [7, 11) is 0. The molecule has 0 aliphatic rings. The largest absolute Gasteiger partial charge is 0.198 e. The average molecular weight is 150 g/mol. The zero-order chi connectivity index (χ0) is 8.69. The Morgan fingerprint density at radius 1 is 1.27 bits per heavy atom. The third-order valence-corrected chi connectivity index (χ3v) is 1.02. The summed E-state index contributed by atoms with van der Waals surface area (Å²) in [6.07, 6.45) is 0. The summed E-state index contributed by atoms with van der Waals surface area (Å²) in [5.41, 5.74) is 0. The van der Waals surface area contributed by atoms with Crippen molar-refractivity contribution in [3.63, 3.8) is 0 Å². The van der Waals surface area contributed by atoms with E-state index < -0.39 is 6.04 Å². The second-order valence-corrected chi connectivity index (χ2v) is 2.27. The first-order chi connectivity index (χ1) is 5.20. The molecule has 2 unspecified atom stereocenters. The molecule has 0 heterocycles. The molecule has 0 N–H and O–H groups in total. The standard InChI is InChI=1S/C7H10N4/c1-6(3-8)5-10-11-7(2)4-9/h6-7H,5H2,1-2H3. The Hall–Kier alpha value is -1.42. The molecule has 0 aromatic carbocycles. The van der Waals surface area contributed by atoms with Gasteiger partial charge in [-0.05, 0) is 13.8 Å². The van der Waals surface area contributed by atoms with Crippen molar-refractivity contribution in [1.82, 2.24) is 0 Å². The molecule has 0 bridgehead atoms. The van der Waals surface area contributed by atoms with Crippen LogP contribution in [0.4, 0.5) is 0 Å². The Labute approximate surface area is 66.2 Å². The van der Waals surface area contributed by atoms with Crippen molar-refractivity contribution in [1.29, 1.82) is 10.5 Å². The van der Waals surface area contributed by atoms with E-state index in [0.29, 0.717) is 6.54 Å². The Bertz CT molecular complexity index is 207. The summed E-state index contributed by atoms with van der Waals surface area (Å²) in [6.45, 7) is 3.79. The summed E-state index contributed by atoms with van der Waals surface area (Å²) in [5.74, 6) is -0.121. The minimum Gasteiger partial charge on any atom is -0.198 e. The van der Waals surface area contributed by atoms with E-state index in [1.165, 1.54) is 0 Å². The zero-order valence-corrected chi connectivity index (χ0v) is 6.65. The van der Waals surface area contributed by atoms with Gasteiger partial charge in [0, 0.05) is 0 Å². The third-order valence-electron chi connectivity index (χ3n) is 1.02. The molecule has 0 aliphatic heterocycles. The SMILES string of the molecule is CC(C#N)CN=NC(C)C#N. The highest BCUT2D eigenvalue weighted by Gasteiger charge is 1.97. The fourth-order valence-corrected chi connectivity index (χ4v) is 0.359. The monoisotopic (exact) mass is 150 g/mol. The number of nitrogens with zero attached hydrogens (tertiary/aromatic N) is 4. The molecule has 4 heteroatoms. The van der Waals surface area contributed by atoms with E-state index in [9.17, 15) is 0 Å². The van der Waals surface area contributed by atoms with Gasteiger partial charge in [-0.25, -0.2) is 0 Å². The van der Waals surface area contributed by atoms with Crippen LogP contribution in [0.5, 0.6) is 0 Å². The minimum atomic E-state index is -0.402. The van der Waals surface area contributed by atoms with E-state index in [4.69, 9.17) is 10.5 Å². The Morgan fingerprint density at radius 3 is 2.36 bits per heavy atom. The van der Waals surface area contributed by atoms with E-state index in [1.807, 2.05) is 12.1 Å². The fourth-order valence-electron chi connectivity index (χ4n) is 0.359. The molecule has 0 aromatic rings. The Kier molecular flexibility index (Phi) is 4.68. The molecule has 4 nitrogen and oxygen atoms in total. The number of nitriles is 2. The maximum atomic E-state index is 8.34. The summed E-state index contributed by atoms with van der Waals surface area (Å²) in [6, 6.07) is 3.53. The van der Waals surface area contributed by atoms with Crippen molar-refractivity contribution in [3.05, 3.63) is 0 Å². The van der Waals surface area contributed by atoms with E-state index in [0.717, 1.165) is 0 Å². The van der Waals surface area contributed by atoms with Crippen molar-refractivity contribution < 1.29 is 0 Å². The highest BCUT2D eigenvalue weighted by molar-refractivity contribution is 4.85. The third kappa shape index (κ3) is 5.05. The quantitative estimate of drug-likeness (QED) is 0.572. The van der Waals surface area contributed by atoms with E-state index >= 15 is 0 Å². The number of hydrogen-bond acceptors (Lipinski definition) is 4. The summed E-state index contributed by atoms with van der Waals surface area (Å²) in [5, 5.41) is 24.0. The average Bonchev–Trinajstić information content (AvgIpc) is 2.04. The second kappa shape index (κ2) is 5.37. The molecule has 11 heavy (non-hydrogen) atoms. The fraction of sp³-hybridized carbons (Fsp3) is 0.714. The lowest BCUT2D eigenvalue weighted by Gasteiger charge is -1.93. The minimum absolute atomic E-state index is 0.121. The zero-order valence-electron chi connectivity index (χ0n) is 6.65. The maximum Gasteiger partial charge on any atom is 0.154 e. The van der Waals surface area contributed by atoms with Gasteiger partial charge in [-0.3, -0.25) is 0 Å². The maximum absolute atomic E-state index is 8.34. The molecule has 58 valence electrons. The van der Waals surface area contributed by atoms with Gasteiger partial charge >= 0.3 is 0 Å². The summed E-state index contributed by atoms with van der Waals surface area (Å²) in [4.78, 5) is 0. The number of rotatable bonds is 3. The molecule has 0 radical (unpaired) electrons. The Balaban J connectivity index is 3.64. The van der Waals surface area contributed by atoms with E-state index in [1.54, 1.807) is 13.8 Å². The van der Waals surface area contributed by atoms with Gasteiger partial charge in [0.05, 0.1) is 24.6 Å². The van der Waals surface area contributed by atoms with Crippen LogP contribution in [0, 0.1) is 28.6 Å². The first kappa shape index (κ1) is 9.58. The van der Waals surface area contributed by atoms with Crippen LogP contribution in [0.1, 0.15) is 13.8 Å². The second-order valence-electron chi connectivity index (χ2n) is 2.27. The van der Waals surface area contributed by atoms with Gasteiger partial charge in [0.15, 0.2) is 6.04 Å². The van der Waals surface area contributed by atoms with Crippen LogP contribution in [0.2, 0.25) is 0 Å². The van der Waals surface area contributed by atoms with Crippen molar-refractivity contribution in [2.45, 2.75) is 19.9 Å². The van der Waals surface area contributed by atoms with Crippen molar-refractivity contribution in [3.8, 4) is 12.1 Å². The number of azo groups is 1. The predicted molar refractivity (Wildman–Crippen MR) is 39.6 cm³/mol. The van der Waals surface area contributed by atoms with Crippen LogP contribution in [0.25, 0.3) is 0 Å². The molecule has 0 aliphatic carbocycles. The molecule has 0 saturated heterocycles. The molecule has 0 amide bonds. The lowest BCUT2D eigenvalue weighted by Crippen LogP contribution is -1.96. The normalized spacial score (nSPS) is 15.3. The summed E-state index contributed by atoms with van der Waals surface area (Å²) < 4.78 is 0. The van der Waals surface area contributed by atoms with Crippen LogP contribution in [0.15, 0.2) is 10.2 Å². The van der Waals surface area contributed by atoms with Gasteiger partial charge in [0.2, 0.25) is 0 Å². The highest BCUT2D eigenvalue weighted by Crippen LogP contribution is 1.94. The van der Waals surface area contributed by atoms with Gasteiger partial charge < -0.3 is 0 Å². The van der Waals surface area contributed by atoms with Gasteiger partial charge in [-0.2, -0.15) is 20.8 Å². The van der Waals surface area contributed by atoms with Gasteiger partial charge in [0.1, 0.15) is 0 Å². The first-order valence-electron chi connectivity index (χ1n) is 3.36. The van der Waals surface area contributed by atoms with Crippen LogP contribution in [0.3, 0.4) is 0 Å². The van der Waals surface area contributed by atoms with Crippen LogP contribution >= 0.6 is 0 Å². The smallest absolute Gasteiger partial charge is 0.154 e. The van der Waals surface area contributed by atoms with Crippen molar-refractivity contribution in [2.75, 3.05) is 6.54 Å². The molecule has 0 spiro atoms. The van der Waals surface area contributed by atoms with E-state index in [-0.39, 0.29) is 5.92 Å². The molecule has 0 aromatic heterocycles. The van der Waals surface area contributed by atoms with Crippen LogP contribution in [-0.2, 0) is 0 Å². The molecule has 0 rings (SSSR count). The molecule has 2 atom stereocenters. The van der Waals surface area contributed by atoms with Crippen molar-refractivity contribution >= 4 is 0 Å². The number of hydrogen-bond donors (Lipinski definition) is 0. The van der Waals surface area contributed by atoms with Crippen LogP contribution < -0.4 is 0 Å². The van der Waals surface area contributed by atoms with Gasteiger partial charge in [-0.15, -0.1) is 0 Å². The molecular formula is C7H10N4. The lowest BCUT2D eigenvalue weighted by atomic mass is 10.2.